The number of carbonyl (C=O) groups is 3. The number of anilines is 1. The first kappa shape index (κ1) is 21.0. The van der Waals surface area contributed by atoms with Crippen molar-refractivity contribution in [2.24, 2.45) is 5.73 Å². The lowest BCUT2D eigenvalue weighted by Crippen LogP contribution is -2.50. The molecule has 1 aliphatic carbocycles. The highest BCUT2D eigenvalue weighted by atomic mass is 35.5. The number of fused-ring (bicyclic) bond motifs is 3. The molecule has 0 fully saturated rings. The molecule has 0 saturated heterocycles. The van der Waals surface area contributed by atoms with Crippen LogP contribution in [0, 0.1) is 11.3 Å². The van der Waals surface area contributed by atoms with Crippen LogP contribution in [-0.2, 0) is 24.5 Å². The third kappa shape index (κ3) is 2.77. The monoisotopic (exact) mass is 459 g/mol. The Bertz CT molecular complexity index is 1370. The second-order valence-corrected chi connectivity index (χ2v) is 8.70. The smallest absolute Gasteiger partial charge is 0.254 e. The van der Waals surface area contributed by atoms with Crippen molar-refractivity contribution in [3.8, 4) is 6.07 Å². The SMILES string of the molecule is CC(=O)N1C(=O)C2(C(C#N)=C(N)OC3=C2C(=O)CC(c2cccc(Cl)c2)C3)c2ccccc21. The number of allylic oxidation sites excluding steroid dienone is 1. The van der Waals surface area contributed by atoms with Gasteiger partial charge in [-0.1, -0.05) is 41.9 Å². The molecule has 7 nitrogen and oxygen atoms in total. The first-order chi connectivity index (χ1) is 15.8. The summed E-state index contributed by atoms with van der Waals surface area (Å²) in [4.78, 5) is 41.0. The number of para-hydroxylation sites is 1. The lowest BCUT2D eigenvalue weighted by atomic mass is 9.63. The molecule has 0 aromatic heterocycles. The van der Waals surface area contributed by atoms with Gasteiger partial charge in [-0.15, -0.1) is 0 Å². The fourth-order valence-corrected chi connectivity index (χ4v) is 5.39. The number of rotatable bonds is 1. The van der Waals surface area contributed by atoms with Crippen LogP contribution in [0.3, 0.4) is 0 Å². The molecule has 0 bridgehead atoms. The van der Waals surface area contributed by atoms with Gasteiger partial charge in [0.2, 0.25) is 11.8 Å². The van der Waals surface area contributed by atoms with E-state index in [4.69, 9.17) is 22.1 Å². The molecule has 2 atom stereocenters. The lowest BCUT2D eigenvalue weighted by molar-refractivity contribution is -0.128. The van der Waals surface area contributed by atoms with Crippen LogP contribution in [0.5, 0.6) is 0 Å². The molecule has 2 aromatic carbocycles. The van der Waals surface area contributed by atoms with Crippen LogP contribution in [0.4, 0.5) is 5.69 Å². The van der Waals surface area contributed by atoms with Crippen molar-refractivity contribution in [3.63, 3.8) is 0 Å². The van der Waals surface area contributed by atoms with Crippen LogP contribution in [-0.4, -0.2) is 17.6 Å². The van der Waals surface area contributed by atoms with E-state index in [1.807, 2.05) is 12.1 Å². The van der Waals surface area contributed by atoms with Crippen LogP contribution >= 0.6 is 11.6 Å². The van der Waals surface area contributed by atoms with Crippen LogP contribution in [0.2, 0.25) is 5.02 Å². The van der Waals surface area contributed by atoms with Crippen LogP contribution in [0.1, 0.15) is 36.8 Å². The van der Waals surface area contributed by atoms with Gasteiger partial charge in [0.25, 0.3) is 5.91 Å². The zero-order valence-electron chi connectivity index (χ0n) is 17.6. The quantitative estimate of drug-likeness (QED) is 0.697. The topological polar surface area (TPSA) is 113 Å². The van der Waals surface area contributed by atoms with E-state index >= 15 is 0 Å². The summed E-state index contributed by atoms with van der Waals surface area (Å²) in [6.45, 7) is 1.26. The number of amides is 2. The molecule has 2 heterocycles. The van der Waals surface area contributed by atoms with E-state index < -0.39 is 17.2 Å². The number of imide groups is 1. The van der Waals surface area contributed by atoms with Gasteiger partial charge in [-0.2, -0.15) is 5.26 Å². The van der Waals surface area contributed by atoms with E-state index in [9.17, 15) is 19.6 Å². The van der Waals surface area contributed by atoms with E-state index in [1.54, 1.807) is 42.5 Å². The molecule has 1 spiro atoms. The van der Waals surface area contributed by atoms with Gasteiger partial charge >= 0.3 is 0 Å². The Kier molecular flexibility index (Phi) is 4.66. The fourth-order valence-electron chi connectivity index (χ4n) is 5.19. The maximum absolute atomic E-state index is 13.9. The third-order valence-corrected chi connectivity index (χ3v) is 6.71. The average Bonchev–Trinajstić information content (AvgIpc) is 3.02. The highest BCUT2D eigenvalue weighted by Crippen LogP contribution is 2.56. The van der Waals surface area contributed by atoms with Crippen molar-refractivity contribution < 1.29 is 19.1 Å². The Morgan fingerprint density at radius 3 is 2.67 bits per heavy atom. The van der Waals surface area contributed by atoms with Crippen LogP contribution in [0.25, 0.3) is 0 Å². The molecule has 0 radical (unpaired) electrons. The largest absolute Gasteiger partial charge is 0.444 e. The van der Waals surface area contributed by atoms with Crippen molar-refractivity contribution >= 4 is 34.9 Å². The first-order valence-corrected chi connectivity index (χ1v) is 10.7. The summed E-state index contributed by atoms with van der Waals surface area (Å²) in [5.74, 6) is -1.80. The Morgan fingerprint density at radius 1 is 1.21 bits per heavy atom. The Balaban J connectivity index is 1.76. The molecule has 2 amide bonds. The normalized spacial score (nSPS) is 23.9. The summed E-state index contributed by atoms with van der Waals surface area (Å²) < 4.78 is 5.80. The molecule has 164 valence electrons. The number of nitrogens with two attached hydrogens (primary N) is 1. The Hall–Kier alpha value is -3.89. The molecule has 0 saturated carbocycles. The summed E-state index contributed by atoms with van der Waals surface area (Å²) in [5.41, 5.74) is 5.79. The predicted molar refractivity (Wildman–Crippen MR) is 120 cm³/mol. The molecule has 3 aliphatic rings. The van der Waals surface area contributed by atoms with Crippen molar-refractivity contribution in [2.75, 3.05) is 4.90 Å². The molecule has 2 aliphatic heterocycles. The molecular formula is C25H18ClN3O4. The summed E-state index contributed by atoms with van der Waals surface area (Å²) >= 11 is 6.14. The summed E-state index contributed by atoms with van der Waals surface area (Å²) in [6.07, 6.45) is 0.385. The van der Waals surface area contributed by atoms with Gasteiger partial charge in [-0.3, -0.25) is 14.4 Å². The molecule has 8 heteroatoms. The van der Waals surface area contributed by atoms with Gasteiger partial charge in [0.15, 0.2) is 5.78 Å². The number of ketones is 1. The van der Waals surface area contributed by atoms with Gasteiger partial charge in [-0.05, 0) is 29.7 Å². The zero-order chi connectivity index (χ0) is 23.5. The molecule has 5 rings (SSSR count). The molecule has 2 unspecified atom stereocenters. The number of ether oxygens (including phenoxy) is 1. The van der Waals surface area contributed by atoms with E-state index in [2.05, 4.69) is 0 Å². The minimum atomic E-state index is -1.81. The van der Waals surface area contributed by atoms with Crippen LogP contribution < -0.4 is 10.6 Å². The van der Waals surface area contributed by atoms with Crippen molar-refractivity contribution in [3.05, 3.63) is 87.5 Å². The lowest BCUT2D eigenvalue weighted by Gasteiger charge is -2.39. The summed E-state index contributed by atoms with van der Waals surface area (Å²) in [5, 5.41) is 10.6. The highest BCUT2D eigenvalue weighted by Gasteiger charge is 2.63. The first-order valence-electron chi connectivity index (χ1n) is 10.4. The molecule has 2 aromatic rings. The zero-order valence-corrected chi connectivity index (χ0v) is 18.3. The molecule has 2 N–H and O–H groups in total. The van der Waals surface area contributed by atoms with E-state index in [0.717, 1.165) is 10.5 Å². The van der Waals surface area contributed by atoms with Gasteiger partial charge in [-0.25, -0.2) is 4.90 Å². The number of benzene rings is 2. The van der Waals surface area contributed by atoms with Gasteiger partial charge in [0, 0.05) is 30.4 Å². The maximum Gasteiger partial charge on any atom is 0.254 e. The standard InChI is InChI=1S/C25H18ClN3O4/c1-13(30)29-19-8-3-2-7-17(19)25(24(29)32)18(12-27)23(28)33-21-11-15(10-20(31)22(21)25)14-5-4-6-16(26)9-14/h2-9,15H,10-11,28H2,1H3. The van der Waals surface area contributed by atoms with Crippen molar-refractivity contribution in [1.29, 1.82) is 5.26 Å². The van der Waals surface area contributed by atoms with Gasteiger partial charge in [0.1, 0.15) is 22.8 Å². The van der Waals surface area contributed by atoms with E-state index in [-0.39, 0.29) is 47.3 Å². The maximum atomic E-state index is 13.9. The predicted octanol–water partition coefficient (Wildman–Crippen LogP) is 3.60. The minimum Gasteiger partial charge on any atom is -0.444 e. The van der Waals surface area contributed by atoms with Gasteiger partial charge < -0.3 is 10.5 Å². The summed E-state index contributed by atoms with van der Waals surface area (Å²) in [7, 11) is 0. The number of halogens is 1. The fraction of sp³-hybridized carbons (Fsp3) is 0.200. The molecular weight excluding hydrogens is 442 g/mol. The third-order valence-electron chi connectivity index (χ3n) is 6.47. The minimum absolute atomic E-state index is 0.0766. The van der Waals surface area contributed by atoms with Crippen molar-refractivity contribution in [2.45, 2.75) is 31.1 Å². The number of nitriles is 1. The average molecular weight is 460 g/mol. The van der Waals surface area contributed by atoms with Gasteiger partial charge in [0.05, 0.1) is 11.3 Å². The molecule has 33 heavy (non-hydrogen) atoms. The van der Waals surface area contributed by atoms with Crippen molar-refractivity contribution in [1.82, 2.24) is 0 Å². The number of hydrogen-bond donors (Lipinski definition) is 1. The van der Waals surface area contributed by atoms with E-state index in [0.29, 0.717) is 16.3 Å². The van der Waals surface area contributed by atoms with Crippen LogP contribution in [0.15, 0.2) is 71.3 Å². The second-order valence-electron chi connectivity index (χ2n) is 8.26. The second kappa shape index (κ2) is 7.32. The number of carbonyl (C=O) groups excluding carboxylic acids is 3. The number of nitrogens with zero attached hydrogens (tertiary/aromatic N) is 2. The Morgan fingerprint density at radius 2 is 1.97 bits per heavy atom. The van der Waals surface area contributed by atoms with E-state index in [1.165, 1.54) is 6.92 Å². The highest BCUT2D eigenvalue weighted by molar-refractivity contribution is 6.30. The Labute approximate surface area is 194 Å². The number of Topliss-reactive ketones (excluding diaryl/α,β-unsaturated/α-hetero) is 1. The number of hydrogen-bond acceptors (Lipinski definition) is 6. The summed E-state index contributed by atoms with van der Waals surface area (Å²) in [6, 6.07) is 15.8.